The van der Waals surface area contributed by atoms with Crippen LogP contribution in [0.2, 0.25) is 0 Å². The Kier molecular flexibility index (Phi) is 5.58. The monoisotopic (exact) mass is 315 g/mol. The Morgan fingerprint density at radius 2 is 2.04 bits per heavy atom. The smallest absolute Gasteiger partial charge is 0.317 e. The third kappa shape index (κ3) is 4.71. The summed E-state index contributed by atoms with van der Waals surface area (Å²) in [5, 5.41) is 20.8. The zero-order valence-electron chi connectivity index (χ0n) is 13.2. The Hall–Kier alpha value is -2.55. The van der Waals surface area contributed by atoms with Crippen molar-refractivity contribution in [1.82, 2.24) is 10.2 Å². The highest BCUT2D eigenvalue weighted by Crippen LogP contribution is 2.24. The summed E-state index contributed by atoms with van der Waals surface area (Å²) in [7, 11) is 1.71. The molecule has 0 heterocycles. The minimum atomic E-state index is -0.746. The van der Waals surface area contributed by atoms with E-state index in [4.69, 9.17) is 10.4 Å². The van der Waals surface area contributed by atoms with E-state index in [-0.39, 0.29) is 18.0 Å². The maximum absolute atomic E-state index is 12.2. The molecule has 0 bridgehead atoms. The third-order valence-corrected chi connectivity index (χ3v) is 4.23. The van der Waals surface area contributed by atoms with Gasteiger partial charge in [0, 0.05) is 19.6 Å². The average Bonchev–Trinajstić information content (AvgIpc) is 2.55. The second-order valence-corrected chi connectivity index (χ2v) is 6.00. The van der Waals surface area contributed by atoms with Crippen molar-refractivity contribution >= 4 is 12.0 Å². The molecule has 122 valence electrons. The van der Waals surface area contributed by atoms with Crippen molar-refractivity contribution in [2.45, 2.75) is 38.3 Å². The quantitative estimate of drug-likeness (QED) is 0.892. The molecule has 2 rings (SSSR count). The van der Waals surface area contributed by atoms with Gasteiger partial charge < -0.3 is 15.3 Å². The van der Waals surface area contributed by atoms with Crippen LogP contribution >= 0.6 is 0 Å². The van der Waals surface area contributed by atoms with E-state index in [0.29, 0.717) is 37.8 Å². The summed E-state index contributed by atoms with van der Waals surface area (Å²) < 4.78 is 0. The van der Waals surface area contributed by atoms with Gasteiger partial charge in [-0.25, -0.2) is 4.79 Å². The normalized spacial score (nSPS) is 20.3. The standard InChI is InChI=1S/C17H21N3O3/c1-20(11-13-4-2-3-12(9-13)10-18)17(23)19-15-7-5-14(6-8-15)16(21)22/h2-4,9,14-15H,5-8,11H2,1H3,(H,19,23)(H,21,22). The zero-order chi connectivity index (χ0) is 16.8. The van der Waals surface area contributed by atoms with Crippen LogP contribution in [-0.4, -0.2) is 35.1 Å². The van der Waals surface area contributed by atoms with Crippen LogP contribution in [0.4, 0.5) is 4.79 Å². The molecule has 6 heteroatoms. The van der Waals surface area contributed by atoms with Crippen molar-refractivity contribution in [3.63, 3.8) is 0 Å². The largest absolute Gasteiger partial charge is 0.481 e. The van der Waals surface area contributed by atoms with E-state index < -0.39 is 5.97 Å². The molecule has 6 nitrogen and oxygen atoms in total. The molecule has 23 heavy (non-hydrogen) atoms. The lowest BCUT2D eigenvalue weighted by atomic mass is 9.86. The minimum Gasteiger partial charge on any atom is -0.481 e. The van der Waals surface area contributed by atoms with Crippen molar-refractivity contribution in [2.24, 2.45) is 5.92 Å². The zero-order valence-corrected chi connectivity index (χ0v) is 13.2. The van der Waals surface area contributed by atoms with E-state index in [1.54, 1.807) is 30.1 Å². The first-order valence-corrected chi connectivity index (χ1v) is 7.73. The Bertz CT molecular complexity index is 616. The summed E-state index contributed by atoms with van der Waals surface area (Å²) in [6, 6.07) is 9.11. The molecule has 1 aliphatic carbocycles. The predicted molar refractivity (Wildman–Crippen MR) is 84.5 cm³/mol. The van der Waals surface area contributed by atoms with Crippen molar-refractivity contribution < 1.29 is 14.7 Å². The maximum atomic E-state index is 12.2. The van der Waals surface area contributed by atoms with Crippen LogP contribution in [0.25, 0.3) is 0 Å². The molecule has 0 radical (unpaired) electrons. The van der Waals surface area contributed by atoms with Gasteiger partial charge in [0.15, 0.2) is 0 Å². The van der Waals surface area contributed by atoms with E-state index in [1.807, 2.05) is 6.07 Å². The first-order valence-electron chi connectivity index (χ1n) is 7.73. The molecule has 0 aromatic heterocycles. The van der Waals surface area contributed by atoms with E-state index >= 15 is 0 Å². The summed E-state index contributed by atoms with van der Waals surface area (Å²) in [4.78, 5) is 24.7. The van der Waals surface area contributed by atoms with E-state index in [9.17, 15) is 9.59 Å². The molecular formula is C17H21N3O3. The van der Waals surface area contributed by atoms with Gasteiger partial charge in [0.2, 0.25) is 0 Å². The van der Waals surface area contributed by atoms with Crippen molar-refractivity contribution in [3.8, 4) is 6.07 Å². The summed E-state index contributed by atoms with van der Waals surface area (Å²) in [5.74, 6) is -1.03. The molecule has 1 aliphatic rings. The number of carboxylic acid groups (broad SMARTS) is 1. The van der Waals surface area contributed by atoms with Crippen LogP contribution in [0.5, 0.6) is 0 Å². The van der Waals surface area contributed by atoms with Crippen LogP contribution in [0.1, 0.15) is 36.8 Å². The second kappa shape index (κ2) is 7.63. The number of nitrogens with one attached hydrogen (secondary N) is 1. The lowest BCUT2D eigenvalue weighted by Crippen LogP contribution is -2.44. The first kappa shape index (κ1) is 16.8. The van der Waals surface area contributed by atoms with Crippen molar-refractivity contribution in [3.05, 3.63) is 35.4 Å². The number of hydrogen-bond acceptors (Lipinski definition) is 3. The Labute approximate surface area is 135 Å². The molecule has 1 fully saturated rings. The molecule has 0 aliphatic heterocycles. The molecule has 2 amide bonds. The number of carboxylic acids is 1. The second-order valence-electron chi connectivity index (χ2n) is 6.00. The molecule has 2 N–H and O–H groups in total. The van der Waals surface area contributed by atoms with Crippen LogP contribution in [0.15, 0.2) is 24.3 Å². The SMILES string of the molecule is CN(Cc1cccc(C#N)c1)C(=O)NC1CCC(C(=O)O)CC1. The molecule has 0 unspecified atom stereocenters. The van der Waals surface area contributed by atoms with Gasteiger partial charge in [0.1, 0.15) is 0 Å². The van der Waals surface area contributed by atoms with E-state index in [1.165, 1.54) is 0 Å². The number of carbonyl (C=O) groups excluding carboxylic acids is 1. The number of carbonyl (C=O) groups is 2. The molecule has 1 aromatic rings. The van der Waals surface area contributed by atoms with Gasteiger partial charge in [-0.1, -0.05) is 12.1 Å². The summed E-state index contributed by atoms with van der Waals surface area (Å²) in [6.07, 6.45) is 2.60. The molecule has 0 saturated heterocycles. The van der Waals surface area contributed by atoms with Crippen LogP contribution in [0, 0.1) is 17.2 Å². The maximum Gasteiger partial charge on any atom is 0.317 e. The van der Waals surface area contributed by atoms with Gasteiger partial charge in [-0.2, -0.15) is 5.26 Å². The predicted octanol–water partition coefficient (Wildman–Crippen LogP) is 2.34. The third-order valence-electron chi connectivity index (χ3n) is 4.23. The van der Waals surface area contributed by atoms with Gasteiger partial charge in [-0.3, -0.25) is 4.79 Å². The lowest BCUT2D eigenvalue weighted by Gasteiger charge is -2.28. The van der Waals surface area contributed by atoms with E-state index in [2.05, 4.69) is 11.4 Å². The first-order chi connectivity index (χ1) is 11.0. The van der Waals surface area contributed by atoms with Crippen molar-refractivity contribution in [2.75, 3.05) is 7.05 Å². The fourth-order valence-electron chi connectivity index (χ4n) is 2.85. The topological polar surface area (TPSA) is 93.4 Å². The van der Waals surface area contributed by atoms with Crippen LogP contribution < -0.4 is 5.32 Å². The van der Waals surface area contributed by atoms with Crippen molar-refractivity contribution in [1.29, 1.82) is 5.26 Å². The number of benzene rings is 1. The van der Waals surface area contributed by atoms with E-state index in [0.717, 1.165) is 5.56 Å². The molecule has 0 atom stereocenters. The van der Waals surface area contributed by atoms with Gasteiger partial charge in [-0.15, -0.1) is 0 Å². The molecule has 0 spiro atoms. The number of amides is 2. The van der Waals surface area contributed by atoms with Gasteiger partial charge in [-0.05, 0) is 43.4 Å². The fourth-order valence-corrected chi connectivity index (χ4v) is 2.85. The van der Waals surface area contributed by atoms with Gasteiger partial charge in [0.25, 0.3) is 0 Å². The Morgan fingerprint density at radius 3 is 2.65 bits per heavy atom. The fraction of sp³-hybridized carbons (Fsp3) is 0.471. The number of rotatable bonds is 4. The number of nitrogens with zero attached hydrogens (tertiary/aromatic N) is 2. The van der Waals surface area contributed by atoms with Crippen LogP contribution in [-0.2, 0) is 11.3 Å². The molecule has 1 saturated carbocycles. The Balaban J connectivity index is 1.83. The summed E-state index contributed by atoms with van der Waals surface area (Å²) in [5.41, 5.74) is 1.47. The summed E-state index contributed by atoms with van der Waals surface area (Å²) in [6.45, 7) is 0.422. The number of nitriles is 1. The summed E-state index contributed by atoms with van der Waals surface area (Å²) >= 11 is 0. The lowest BCUT2D eigenvalue weighted by molar-refractivity contribution is -0.142. The van der Waals surface area contributed by atoms with Gasteiger partial charge >= 0.3 is 12.0 Å². The highest BCUT2D eigenvalue weighted by atomic mass is 16.4. The molecule has 1 aromatic carbocycles. The number of aliphatic carboxylic acids is 1. The average molecular weight is 315 g/mol. The van der Waals surface area contributed by atoms with Gasteiger partial charge in [0.05, 0.1) is 17.6 Å². The number of urea groups is 1. The number of hydrogen-bond donors (Lipinski definition) is 2. The highest BCUT2D eigenvalue weighted by molar-refractivity contribution is 5.74. The highest BCUT2D eigenvalue weighted by Gasteiger charge is 2.27. The Morgan fingerprint density at radius 1 is 1.35 bits per heavy atom. The van der Waals surface area contributed by atoms with Crippen LogP contribution in [0.3, 0.4) is 0 Å². The minimum absolute atomic E-state index is 0.0333. The molecular weight excluding hydrogens is 294 g/mol.